The fourth-order valence-electron chi connectivity index (χ4n) is 2.51. The number of nitrogens with zero attached hydrogens (tertiary/aromatic N) is 1. The summed E-state index contributed by atoms with van der Waals surface area (Å²) in [6.45, 7) is 12.4. The molecule has 1 heterocycles. The quantitative estimate of drug-likeness (QED) is 0.815. The molecule has 17 heavy (non-hydrogen) atoms. The summed E-state index contributed by atoms with van der Waals surface area (Å²) in [4.78, 5) is 4.26. The van der Waals surface area contributed by atoms with Gasteiger partial charge in [-0.1, -0.05) is 20.8 Å². The fourth-order valence-corrected chi connectivity index (χ4v) is 2.51. The molecule has 0 fully saturated rings. The van der Waals surface area contributed by atoms with E-state index in [9.17, 15) is 0 Å². The van der Waals surface area contributed by atoms with Gasteiger partial charge in [0.2, 0.25) is 0 Å². The first-order chi connectivity index (χ1) is 7.97. The highest BCUT2D eigenvalue weighted by Crippen LogP contribution is 2.30. The van der Waals surface area contributed by atoms with Crippen molar-refractivity contribution in [1.29, 1.82) is 0 Å². The van der Waals surface area contributed by atoms with Crippen LogP contribution in [0.1, 0.15) is 51.7 Å². The summed E-state index contributed by atoms with van der Waals surface area (Å²) in [5, 5.41) is 3.56. The second-order valence-corrected chi connectivity index (χ2v) is 5.63. The van der Waals surface area contributed by atoms with Gasteiger partial charge in [-0.3, -0.25) is 4.98 Å². The summed E-state index contributed by atoms with van der Waals surface area (Å²) in [5.41, 5.74) is 2.89. The third kappa shape index (κ3) is 4.12. The van der Waals surface area contributed by atoms with Crippen molar-refractivity contribution in [2.45, 2.75) is 58.9 Å². The Morgan fingerprint density at radius 2 is 2.12 bits per heavy atom. The summed E-state index contributed by atoms with van der Waals surface area (Å²) in [5.74, 6) is 0. The molecule has 0 aromatic carbocycles. The van der Waals surface area contributed by atoms with Gasteiger partial charge in [0.25, 0.3) is 0 Å². The van der Waals surface area contributed by atoms with Crippen LogP contribution in [-0.2, 0) is 5.41 Å². The van der Waals surface area contributed by atoms with Crippen LogP contribution in [0.2, 0.25) is 0 Å². The molecule has 0 radical (unpaired) electrons. The predicted octanol–water partition coefficient (Wildman–Crippen LogP) is 3.45. The minimum atomic E-state index is 0.179. The molecule has 0 amide bonds. The number of nitrogens with one attached hydrogen (secondary N) is 1. The fraction of sp³-hybridized carbons (Fsp3) is 0.667. The largest absolute Gasteiger partial charge is 0.314 e. The highest BCUT2D eigenvalue weighted by molar-refractivity contribution is 5.29. The molecular formula is C15H26N2. The van der Waals surface area contributed by atoms with Gasteiger partial charge >= 0.3 is 0 Å². The van der Waals surface area contributed by atoms with Gasteiger partial charge in [-0.15, -0.1) is 0 Å². The van der Waals surface area contributed by atoms with E-state index >= 15 is 0 Å². The predicted molar refractivity (Wildman–Crippen MR) is 74.4 cm³/mol. The zero-order valence-electron chi connectivity index (χ0n) is 11.9. The number of rotatable bonds is 6. The topological polar surface area (TPSA) is 24.9 Å². The Kier molecular flexibility index (Phi) is 5.13. The van der Waals surface area contributed by atoms with E-state index in [0.29, 0.717) is 6.04 Å². The molecule has 96 valence electrons. The van der Waals surface area contributed by atoms with Crippen molar-refractivity contribution in [3.05, 3.63) is 29.6 Å². The van der Waals surface area contributed by atoms with Gasteiger partial charge in [-0.2, -0.15) is 0 Å². The highest BCUT2D eigenvalue weighted by atomic mass is 14.9. The highest BCUT2D eigenvalue weighted by Gasteiger charge is 2.24. The number of pyridine rings is 1. The molecule has 1 aromatic rings. The molecule has 0 aliphatic carbocycles. The van der Waals surface area contributed by atoms with Crippen LogP contribution in [0.25, 0.3) is 0 Å². The third-order valence-electron chi connectivity index (χ3n) is 3.33. The lowest BCUT2D eigenvalue weighted by Crippen LogP contribution is -2.34. The zero-order chi connectivity index (χ0) is 12.9. The van der Waals surface area contributed by atoms with Crippen LogP contribution in [0.5, 0.6) is 0 Å². The van der Waals surface area contributed by atoms with Crippen LogP contribution in [-0.4, -0.2) is 17.6 Å². The molecule has 1 N–H and O–H groups in total. The van der Waals surface area contributed by atoms with Crippen molar-refractivity contribution >= 4 is 0 Å². The van der Waals surface area contributed by atoms with Crippen molar-refractivity contribution in [2.24, 2.45) is 0 Å². The van der Waals surface area contributed by atoms with Crippen molar-refractivity contribution in [3.63, 3.8) is 0 Å². The maximum atomic E-state index is 4.26. The molecule has 1 unspecified atom stereocenters. The molecule has 1 aromatic heterocycles. The van der Waals surface area contributed by atoms with Crippen LogP contribution in [0.3, 0.4) is 0 Å². The summed E-state index contributed by atoms with van der Waals surface area (Å²) in [6, 6.07) is 2.64. The van der Waals surface area contributed by atoms with Gasteiger partial charge in [0.05, 0.1) is 0 Å². The lowest BCUT2D eigenvalue weighted by molar-refractivity contribution is 0.387. The Morgan fingerprint density at radius 3 is 2.71 bits per heavy atom. The molecule has 2 nitrogen and oxygen atoms in total. The van der Waals surface area contributed by atoms with Gasteiger partial charge in [0.1, 0.15) is 0 Å². The lowest BCUT2D eigenvalue weighted by Gasteiger charge is -2.30. The van der Waals surface area contributed by atoms with E-state index < -0.39 is 0 Å². The lowest BCUT2D eigenvalue weighted by atomic mass is 9.78. The molecule has 2 heteroatoms. The first-order valence-electron chi connectivity index (χ1n) is 6.62. The standard InChI is InChI=1S/C15H26N2/c1-6-8-17-13(3)10-15(4,5)14-11-16-9-7-12(14)2/h7,9,11,13,17H,6,8,10H2,1-5H3. The molecule has 0 spiro atoms. The van der Waals surface area contributed by atoms with E-state index in [1.54, 1.807) is 0 Å². The molecule has 0 saturated heterocycles. The van der Waals surface area contributed by atoms with Gasteiger partial charge in [-0.05, 0) is 55.8 Å². The summed E-state index contributed by atoms with van der Waals surface area (Å²) < 4.78 is 0. The van der Waals surface area contributed by atoms with Crippen LogP contribution in [0.15, 0.2) is 18.5 Å². The van der Waals surface area contributed by atoms with Crippen molar-refractivity contribution in [1.82, 2.24) is 10.3 Å². The monoisotopic (exact) mass is 234 g/mol. The summed E-state index contributed by atoms with van der Waals surface area (Å²) >= 11 is 0. The molecule has 0 aliphatic heterocycles. The van der Waals surface area contributed by atoms with Crippen LogP contribution in [0, 0.1) is 6.92 Å². The van der Waals surface area contributed by atoms with Gasteiger partial charge < -0.3 is 5.32 Å². The summed E-state index contributed by atoms with van der Waals surface area (Å²) in [7, 11) is 0. The normalized spacial score (nSPS) is 13.7. The Labute approximate surface area is 106 Å². The second-order valence-electron chi connectivity index (χ2n) is 5.63. The van der Waals surface area contributed by atoms with E-state index in [4.69, 9.17) is 0 Å². The average Bonchev–Trinajstić information content (AvgIpc) is 2.26. The Balaban J connectivity index is 2.71. The first-order valence-corrected chi connectivity index (χ1v) is 6.62. The minimum absolute atomic E-state index is 0.179. The van der Waals surface area contributed by atoms with Crippen molar-refractivity contribution in [3.8, 4) is 0 Å². The number of hydrogen-bond donors (Lipinski definition) is 1. The maximum Gasteiger partial charge on any atom is 0.0307 e. The van der Waals surface area contributed by atoms with E-state index in [0.717, 1.165) is 13.0 Å². The van der Waals surface area contributed by atoms with Gasteiger partial charge in [0, 0.05) is 18.4 Å². The van der Waals surface area contributed by atoms with Gasteiger partial charge in [-0.25, -0.2) is 0 Å². The zero-order valence-corrected chi connectivity index (χ0v) is 11.9. The summed E-state index contributed by atoms with van der Waals surface area (Å²) in [6.07, 6.45) is 6.21. The van der Waals surface area contributed by atoms with Crippen molar-refractivity contribution in [2.75, 3.05) is 6.54 Å². The van der Waals surface area contributed by atoms with E-state index in [1.807, 2.05) is 12.4 Å². The second kappa shape index (κ2) is 6.15. The maximum absolute atomic E-state index is 4.26. The van der Waals surface area contributed by atoms with Gasteiger partial charge in [0.15, 0.2) is 0 Å². The average molecular weight is 234 g/mol. The van der Waals surface area contributed by atoms with E-state index in [-0.39, 0.29) is 5.41 Å². The number of hydrogen-bond acceptors (Lipinski definition) is 2. The Hall–Kier alpha value is -0.890. The van der Waals surface area contributed by atoms with Crippen LogP contribution >= 0.6 is 0 Å². The molecular weight excluding hydrogens is 208 g/mol. The van der Waals surface area contributed by atoms with Crippen LogP contribution < -0.4 is 5.32 Å². The smallest absolute Gasteiger partial charge is 0.0307 e. The van der Waals surface area contributed by atoms with E-state index in [2.05, 4.69) is 51.0 Å². The Bertz CT molecular complexity index is 345. The Morgan fingerprint density at radius 1 is 1.41 bits per heavy atom. The number of aryl methyl sites for hydroxylation is 1. The van der Waals surface area contributed by atoms with E-state index in [1.165, 1.54) is 17.5 Å². The van der Waals surface area contributed by atoms with Crippen molar-refractivity contribution < 1.29 is 0 Å². The third-order valence-corrected chi connectivity index (χ3v) is 3.33. The molecule has 1 rings (SSSR count). The minimum Gasteiger partial charge on any atom is -0.314 e. The first kappa shape index (κ1) is 14.2. The molecule has 1 atom stereocenters. The SMILES string of the molecule is CCCNC(C)CC(C)(C)c1cnccc1C. The molecule has 0 bridgehead atoms. The molecule has 0 saturated carbocycles. The number of aromatic nitrogens is 1. The van der Waals surface area contributed by atoms with Crippen LogP contribution in [0.4, 0.5) is 0 Å². The molecule has 0 aliphatic rings.